The number of hydrogen-bond acceptors (Lipinski definition) is 1. The molecule has 0 aliphatic heterocycles. The lowest BCUT2D eigenvalue weighted by atomic mass is 10.2. The van der Waals surface area contributed by atoms with Crippen molar-refractivity contribution >= 4 is 37.8 Å². The molecule has 0 aromatic heterocycles. The minimum atomic E-state index is -0.0538. The van der Waals surface area contributed by atoms with E-state index in [-0.39, 0.29) is 5.91 Å². The second kappa shape index (κ2) is 4.77. The van der Waals surface area contributed by atoms with Gasteiger partial charge in [-0.3, -0.25) is 4.79 Å². The van der Waals surface area contributed by atoms with Crippen molar-refractivity contribution in [2.75, 3.05) is 6.54 Å². The van der Waals surface area contributed by atoms with Crippen molar-refractivity contribution in [2.45, 2.75) is 6.92 Å². The highest BCUT2D eigenvalue weighted by Gasteiger charge is 2.08. The van der Waals surface area contributed by atoms with Crippen LogP contribution in [0.25, 0.3) is 0 Å². The minimum Gasteiger partial charge on any atom is -0.352 e. The first kappa shape index (κ1) is 10.7. The van der Waals surface area contributed by atoms with E-state index in [1.807, 2.05) is 19.1 Å². The second-order valence-corrected chi connectivity index (χ2v) is 4.25. The molecule has 0 unspecified atom stereocenters. The number of amides is 1. The number of carbonyl (C=O) groups excluding carboxylic acids is 1. The maximum atomic E-state index is 11.4. The molecule has 0 aliphatic rings. The molecule has 1 amide bonds. The number of nitrogens with one attached hydrogen (secondary N) is 1. The van der Waals surface area contributed by atoms with Crippen LogP contribution < -0.4 is 5.32 Å². The Labute approximate surface area is 94.0 Å². The van der Waals surface area contributed by atoms with Gasteiger partial charge in [0.05, 0.1) is 5.56 Å². The summed E-state index contributed by atoms with van der Waals surface area (Å²) >= 11 is 6.65. The van der Waals surface area contributed by atoms with Gasteiger partial charge >= 0.3 is 0 Å². The predicted octanol–water partition coefficient (Wildman–Crippen LogP) is 2.96. The molecule has 0 fully saturated rings. The van der Waals surface area contributed by atoms with Gasteiger partial charge in [0.15, 0.2) is 0 Å². The van der Waals surface area contributed by atoms with Crippen molar-refractivity contribution in [1.29, 1.82) is 0 Å². The fraction of sp³-hybridized carbons (Fsp3) is 0.222. The molecule has 13 heavy (non-hydrogen) atoms. The molecular weight excluding hydrogens is 298 g/mol. The van der Waals surface area contributed by atoms with Gasteiger partial charge in [0.2, 0.25) is 0 Å². The molecule has 1 rings (SSSR count). The maximum absolute atomic E-state index is 11.4. The van der Waals surface area contributed by atoms with Crippen molar-refractivity contribution < 1.29 is 4.79 Å². The highest BCUT2D eigenvalue weighted by Crippen LogP contribution is 2.21. The third-order valence-corrected chi connectivity index (χ3v) is 2.66. The summed E-state index contributed by atoms with van der Waals surface area (Å²) in [5, 5.41) is 2.74. The molecule has 0 saturated carbocycles. The van der Waals surface area contributed by atoms with Gasteiger partial charge in [-0.05, 0) is 41.1 Å². The van der Waals surface area contributed by atoms with E-state index < -0.39 is 0 Å². The molecular formula is C9H9Br2NO. The zero-order valence-electron chi connectivity index (χ0n) is 7.10. The van der Waals surface area contributed by atoms with Gasteiger partial charge in [0.25, 0.3) is 5.91 Å². The van der Waals surface area contributed by atoms with E-state index in [9.17, 15) is 4.79 Å². The van der Waals surface area contributed by atoms with Crippen LogP contribution in [-0.2, 0) is 0 Å². The maximum Gasteiger partial charge on any atom is 0.252 e. The summed E-state index contributed by atoms with van der Waals surface area (Å²) in [6, 6.07) is 5.47. The SMILES string of the molecule is CCNC(=O)c1ccc(Br)cc1Br. The number of halogens is 2. The standard InChI is InChI=1S/C9H9Br2NO/c1-2-12-9(13)7-4-3-6(10)5-8(7)11/h3-5H,2H2,1H3,(H,12,13). The number of hydrogen-bond donors (Lipinski definition) is 1. The van der Waals surface area contributed by atoms with Crippen LogP contribution in [0.4, 0.5) is 0 Å². The largest absolute Gasteiger partial charge is 0.352 e. The summed E-state index contributed by atoms with van der Waals surface area (Å²) in [7, 11) is 0. The van der Waals surface area contributed by atoms with Crippen molar-refractivity contribution in [3.05, 3.63) is 32.7 Å². The Morgan fingerprint density at radius 2 is 2.15 bits per heavy atom. The van der Waals surface area contributed by atoms with Crippen LogP contribution in [-0.4, -0.2) is 12.5 Å². The smallest absolute Gasteiger partial charge is 0.252 e. The summed E-state index contributed by atoms with van der Waals surface area (Å²) < 4.78 is 1.75. The predicted molar refractivity (Wildman–Crippen MR) is 59.8 cm³/mol. The highest BCUT2D eigenvalue weighted by molar-refractivity contribution is 9.11. The first-order valence-electron chi connectivity index (χ1n) is 3.88. The van der Waals surface area contributed by atoms with Crippen LogP contribution >= 0.6 is 31.9 Å². The average Bonchev–Trinajstić information content (AvgIpc) is 2.04. The Balaban J connectivity index is 2.95. The van der Waals surface area contributed by atoms with Gasteiger partial charge < -0.3 is 5.32 Å². The van der Waals surface area contributed by atoms with Gasteiger partial charge in [-0.1, -0.05) is 15.9 Å². The molecule has 70 valence electrons. The first-order valence-corrected chi connectivity index (χ1v) is 5.47. The zero-order chi connectivity index (χ0) is 9.84. The van der Waals surface area contributed by atoms with Gasteiger partial charge in [0, 0.05) is 15.5 Å². The van der Waals surface area contributed by atoms with E-state index in [0.717, 1.165) is 8.95 Å². The molecule has 4 heteroatoms. The van der Waals surface area contributed by atoms with Crippen LogP contribution in [0, 0.1) is 0 Å². The van der Waals surface area contributed by atoms with Crippen LogP contribution in [0.15, 0.2) is 27.1 Å². The fourth-order valence-corrected chi connectivity index (χ4v) is 2.16. The quantitative estimate of drug-likeness (QED) is 0.894. The molecule has 2 nitrogen and oxygen atoms in total. The van der Waals surface area contributed by atoms with Crippen LogP contribution in [0.1, 0.15) is 17.3 Å². The Hall–Kier alpha value is -0.350. The summed E-state index contributed by atoms with van der Waals surface area (Å²) in [5.41, 5.74) is 0.657. The average molecular weight is 307 g/mol. The molecule has 0 radical (unpaired) electrons. The lowest BCUT2D eigenvalue weighted by Gasteiger charge is -2.04. The van der Waals surface area contributed by atoms with E-state index in [0.29, 0.717) is 12.1 Å². The van der Waals surface area contributed by atoms with E-state index >= 15 is 0 Å². The minimum absolute atomic E-state index is 0.0538. The Bertz CT molecular complexity index is 325. The van der Waals surface area contributed by atoms with Crippen molar-refractivity contribution in [3.8, 4) is 0 Å². The Morgan fingerprint density at radius 1 is 1.46 bits per heavy atom. The fourth-order valence-electron chi connectivity index (χ4n) is 0.929. The molecule has 0 aliphatic carbocycles. The molecule has 1 aromatic rings. The van der Waals surface area contributed by atoms with Crippen molar-refractivity contribution in [2.24, 2.45) is 0 Å². The first-order chi connectivity index (χ1) is 6.15. The van der Waals surface area contributed by atoms with E-state index in [4.69, 9.17) is 0 Å². The normalized spacial score (nSPS) is 9.77. The molecule has 1 aromatic carbocycles. The van der Waals surface area contributed by atoms with E-state index in [2.05, 4.69) is 37.2 Å². The molecule has 0 saturated heterocycles. The van der Waals surface area contributed by atoms with Gasteiger partial charge in [-0.15, -0.1) is 0 Å². The monoisotopic (exact) mass is 305 g/mol. The molecule has 0 heterocycles. The van der Waals surface area contributed by atoms with Crippen molar-refractivity contribution in [3.63, 3.8) is 0 Å². The lowest BCUT2D eigenvalue weighted by Crippen LogP contribution is -2.22. The van der Waals surface area contributed by atoms with Crippen LogP contribution in [0.3, 0.4) is 0 Å². The summed E-state index contributed by atoms with van der Waals surface area (Å²) in [4.78, 5) is 11.4. The van der Waals surface area contributed by atoms with E-state index in [1.54, 1.807) is 6.07 Å². The topological polar surface area (TPSA) is 29.1 Å². The molecule has 0 spiro atoms. The number of carbonyl (C=O) groups is 1. The summed E-state index contributed by atoms with van der Waals surface area (Å²) in [5.74, 6) is -0.0538. The summed E-state index contributed by atoms with van der Waals surface area (Å²) in [6.07, 6.45) is 0. The number of benzene rings is 1. The van der Waals surface area contributed by atoms with Crippen LogP contribution in [0.2, 0.25) is 0 Å². The van der Waals surface area contributed by atoms with Crippen LogP contribution in [0.5, 0.6) is 0 Å². The number of rotatable bonds is 2. The third-order valence-electron chi connectivity index (χ3n) is 1.51. The van der Waals surface area contributed by atoms with Gasteiger partial charge in [0.1, 0.15) is 0 Å². The third kappa shape index (κ3) is 2.81. The highest BCUT2D eigenvalue weighted by atomic mass is 79.9. The Morgan fingerprint density at radius 3 is 2.69 bits per heavy atom. The summed E-state index contributed by atoms with van der Waals surface area (Å²) in [6.45, 7) is 2.53. The molecule has 0 bridgehead atoms. The second-order valence-electron chi connectivity index (χ2n) is 2.48. The molecule has 0 atom stereocenters. The lowest BCUT2D eigenvalue weighted by molar-refractivity contribution is 0.0955. The Kier molecular flexibility index (Phi) is 3.93. The van der Waals surface area contributed by atoms with E-state index in [1.165, 1.54) is 0 Å². The zero-order valence-corrected chi connectivity index (χ0v) is 10.3. The van der Waals surface area contributed by atoms with Crippen molar-refractivity contribution in [1.82, 2.24) is 5.32 Å². The van der Waals surface area contributed by atoms with Gasteiger partial charge in [-0.25, -0.2) is 0 Å². The molecule has 1 N–H and O–H groups in total. The van der Waals surface area contributed by atoms with Gasteiger partial charge in [-0.2, -0.15) is 0 Å².